The number of fused-ring (bicyclic) bond motifs is 8. The predicted molar refractivity (Wildman–Crippen MR) is 117 cm³/mol. The minimum Gasteiger partial charge on any atom is -0.379 e. The van der Waals surface area contributed by atoms with Gasteiger partial charge in [0.05, 0.1) is 37.1 Å². The molecule has 10 nitrogen and oxygen atoms in total. The Kier molecular flexibility index (Phi) is 4.54. The van der Waals surface area contributed by atoms with E-state index in [0.717, 1.165) is 12.8 Å². The van der Waals surface area contributed by atoms with Gasteiger partial charge in [-0.1, -0.05) is 0 Å². The van der Waals surface area contributed by atoms with Crippen LogP contribution in [0.15, 0.2) is 24.4 Å². The number of hydrogen-bond donors (Lipinski definition) is 1. The average molecular weight is 450 g/mol. The Morgan fingerprint density at radius 3 is 2.85 bits per heavy atom. The van der Waals surface area contributed by atoms with E-state index < -0.39 is 11.9 Å². The molecule has 2 aliphatic heterocycles. The lowest BCUT2D eigenvalue weighted by molar-refractivity contribution is 0.0718. The van der Waals surface area contributed by atoms with Crippen LogP contribution in [0.25, 0.3) is 11.4 Å². The van der Waals surface area contributed by atoms with Crippen LogP contribution in [0, 0.1) is 5.82 Å². The lowest BCUT2D eigenvalue weighted by atomic mass is 9.97. The van der Waals surface area contributed by atoms with Gasteiger partial charge >= 0.3 is 0 Å². The molecule has 1 aliphatic carbocycles. The third-order valence-electron chi connectivity index (χ3n) is 6.41. The van der Waals surface area contributed by atoms with Crippen LogP contribution >= 0.6 is 0 Å². The zero-order valence-corrected chi connectivity index (χ0v) is 18.1. The number of halogens is 1. The van der Waals surface area contributed by atoms with E-state index in [1.807, 2.05) is 23.0 Å². The number of carbonyl (C=O) groups is 1. The Labute approximate surface area is 189 Å². The Morgan fingerprint density at radius 1 is 1.18 bits per heavy atom. The summed E-state index contributed by atoms with van der Waals surface area (Å²) in [5.41, 5.74) is 8.58. The number of morpholine rings is 1. The minimum absolute atomic E-state index is 0.118. The zero-order chi connectivity index (χ0) is 22.7. The van der Waals surface area contributed by atoms with Gasteiger partial charge in [-0.25, -0.2) is 9.37 Å². The molecule has 170 valence electrons. The van der Waals surface area contributed by atoms with Crippen molar-refractivity contribution >= 4 is 17.5 Å². The van der Waals surface area contributed by atoms with Crippen molar-refractivity contribution in [2.24, 2.45) is 7.05 Å². The number of hydrogen-bond acceptors (Lipinski definition) is 8. The topological polar surface area (TPSA) is 115 Å². The maximum absolute atomic E-state index is 14.4. The maximum atomic E-state index is 14.4. The number of aromatic nitrogens is 5. The molecule has 11 heteroatoms. The number of amides is 1. The fraction of sp³-hybridized carbons (Fsp3) is 0.409. The minimum atomic E-state index is -0.450. The van der Waals surface area contributed by atoms with Crippen molar-refractivity contribution < 1.29 is 13.9 Å². The number of nitrogen functional groups attached to an aromatic ring is 1. The summed E-state index contributed by atoms with van der Waals surface area (Å²) in [6.45, 7) is 1.47. The Morgan fingerprint density at radius 2 is 2.03 bits per heavy atom. The first kappa shape index (κ1) is 20.0. The fourth-order valence-electron chi connectivity index (χ4n) is 4.68. The number of nitrogens with zero attached hydrogens (tertiary/aromatic N) is 7. The molecule has 1 atom stereocenters. The van der Waals surface area contributed by atoms with Crippen molar-refractivity contribution in [3.05, 3.63) is 47.0 Å². The van der Waals surface area contributed by atoms with Crippen LogP contribution in [-0.4, -0.2) is 61.6 Å². The SMILES string of the molecule is Cn1cc2c(n1)CN(C1CC1)C(=O)c1ccc(F)cc1[C@H]1COCCN1c1nc-2nnc1N. The van der Waals surface area contributed by atoms with Crippen LogP contribution < -0.4 is 10.6 Å². The Balaban J connectivity index is 1.61. The molecule has 3 aromatic rings. The first-order chi connectivity index (χ1) is 16.0. The van der Waals surface area contributed by atoms with Gasteiger partial charge < -0.3 is 20.3 Å². The van der Waals surface area contributed by atoms with Crippen LogP contribution in [0.5, 0.6) is 0 Å². The lowest BCUT2D eigenvalue weighted by Gasteiger charge is -2.38. The van der Waals surface area contributed by atoms with Gasteiger partial charge in [-0.15, -0.1) is 10.2 Å². The third-order valence-corrected chi connectivity index (χ3v) is 6.41. The quantitative estimate of drug-likeness (QED) is 0.596. The molecule has 1 aromatic carbocycles. The van der Waals surface area contributed by atoms with Gasteiger partial charge in [0.25, 0.3) is 5.91 Å². The largest absolute Gasteiger partial charge is 0.379 e. The summed E-state index contributed by atoms with van der Waals surface area (Å²) >= 11 is 0. The third kappa shape index (κ3) is 3.39. The van der Waals surface area contributed by atoms with E-state index in [0.29, 0.717) is 53.7 Å². The molecule has 0 unspecified atom stereocenters. The molecular weight excluding hydrogens is 427 g/mol. The zero-order valence-electron chi connectivity index (χ0n) is 18.1. The molecule has 3 aliphatic rings. The smallest absolute Gasteiger partial charge is 0.254 e. The first-order valence-electron chi connectivity index (χ1n) is 11.0. The standard InChI is InChI=1S/C22H23FN8O2/c1-29-9-16-17(28-29)10-31(13-3-4-13)22(32)14-5-2-12(23)8-15(14)18-11-33-7-6-30(18)21-19(24)26-27-20(16)25-21/h2,5,8-9,13,18H,3-4,6-7,10-11H2,1H3,(H2,24,26)/t18-/m1/s1. The highest BCUT2D eigenvalue weighted by Gasteiger charge is 2.38. The maximum Gasteiger partial charge on any atom is 0.254 e. The van der Waals surface area contributed by atoms with E-state index in [1.165, 1.54) is 12.1 Å². The highest BCUT2D eigenvalue weighted by atomic mass is 19.1. The molecule has 2 N–H and O–H groups in total. The van der Waals surface area contributed by atoms with Gasteiger partial charge in [0.15, 0.2) is 17.5 Å². The summed E-state index contributed by atoms with van der Waals surface area (Å²) in [7, 11) is 1.82. The van der Waals surface area contributed by atoms with Crippen LogP contribution in [0.1, 0.15) is 40.5 Å². The molecule has 6 rings (SSSR count). The highest BCUT2D eigenvalue weighted by molar-refractivity contribution is 5.96. The number of benzene rings is 1. The van der Waals surface area contributed by atoms with E-state index >= 15 is 0 Å². The summed E-state index contributed by atoms with van der Waals surface area (Å²) in [6.07, 6.45) is 3.67. The highest BCUT2D eigenvalue weighted by Crippen LogP contribution is 2.38. The molecule has 1 saturated heterocycles. The number of aryl methyl sites for hydroxylation is 1. The van der Waals surface area contributed by atoms with Crippen molar-refractivity contribution in [1.82, 2.24) is 29.9 Å². The van der Waals surface area contributed by atoms with Crippen molar-refractivity contribution in [1.29, 1.82) is 0 Å². The van der Waals surface area contributed by atoms with Gasteiger partial charge in [-0.2, -0.15) is 5.10 Å². The van der Waals surface area contributed by atoms with E-state index in [1.54, 1.807) is 10.7 Å². The summed E-state index contributed by atoms with van der Waals surface area (Å²) in [6, 6.07) is 3.97. The predicted octanol–water partition coefficient (Wildman–Crippen LogP) is 1.69. The summed E-state index contributed by atoms with van der Waals surface area (Å²) in [5.74, 6) is 0.419. The molecule has 2 bridgehead atoms. The van der Waals surface area contributed by atoms with E-state index in [9.17, 15) is 9.18 Å². The molecule has 0 radical (unpaired) electrons. The van der Waals surface area contributed by atoms with Crippen LogP contribution in [0.3, 0.4) is 0 Å². The van der Waals surface area contributed by atoms with E-state index in [4.69, 9.17) is 15.5 Å². The van der Waals surface area contributed by atoms with Crippen LogP contribution in [-0.2, 0) is 18.3 Å². The number of ether oxygens (including phenoxy) is 1. The monoisotopic (exact) mass is 450 g/mol. The van der Waals surface area contributed by atoms with Crippen molar-refractivity contribution in [2.75, 3.05) is 30.4 Å². The van der Waals surface area contributed by atoms with E-state index in [2.05, 4.69) is 15.3 Å². The van der Waals surface area contributed by atoms with Crippen molar-refractivity contribution in [2.45, 2.75) is 31.5 Å². The Hall–Kier alpha value is -3.60. The molecule has 1 saturated carbocycles. The van der Waals surface area contributed by atoms with Crippen molar-refractivity contribution in [3.63, 3.8) is 0 Å². The lowest BCUT2D eigenvalue weighted by Crippen LogP contribution is -2.42. The second-order valence-electron chi connectivity index (χ2n) is 8.69. The van der Waals surface area contributed by atoms with Gasteiger partial charge in [0.1, 0.15) is 5.82 Å². The fourth-order valence-corrected chi connectivity index (χ4v) is 4.68. The molecule has 33 heavy (non-hydrogen) atoms. The van der Waals surface area contributed by atoms with Gasteiger partial charge in [-0.05, 0) is 36.6 Å². The Bertz CT molecular complexity index is 1260. The summed E-state index contributed by atoms with van der Waals surface area (Å²) in [5, 5.41) is 13.0. The molecule has 2 aromatic heterocycles. The van der Waals surface area contributed by atoms with Gasteiger partial charge in [-0.3, -0.25) is 9.48 Å². The summed E-state index contributed by atoms with van der Waals surface area (Å²) < 4.78 is 21.9. The number of rotatable bonds is 1. The van der Waals surface area contributed by atoms with Crippen LogP contribution in [0.4, 0.5) is 16.0 Å². The molecule has 2 fully saturated rings. The van der Waals surface area contributed by atoms with E-state index in [-0.39, 0.29) is 24.4 Å². The first-order valence-corrected chi connectivity index (χ1v) is 11.0. The normalized spacial score (nSPS) is 20.4. The van der Waals surface area contributed by atoms with Crippen molar-refractivity contribution in [3.8, 4) is 11.4 Å². The van der Waals surface area contributed by atoms with Gasteiger partial charge in [0.2, 0.25) is 0 Å². The number of nitrogens with two attached hydrogens (primary N) is 1. The van der Waals surface area contributed by atoms with Gasteiger partial charge in [0, 0.05) is 31.4 Å². The number of carbonyl (C=O) groups excluding carboxylic acids is 1. The average Bonchev–Trinajstić information content (AvgIpc) is 3.59. The molecule has 4 heterocycles. The molecular formula is C22H23FN8O2. The summed E-state index contributed by atoms with van der Waals surface area (Å²) in [4.78, 5) is 22.4. The molecule has 0 spiro atoms. The molecule has 1 amide bonds. The second-order valence-corrected chi connectivity index (χ2v) is 8.69. The van der Waals surface area contributed by atoms with Crippen LogP contribution in [0.2, 0.25) is 0 Å². The number of anilines is 2. The second kappa shape index (κ2) is 7.48.